The molecule has 2 N–H and O–H groups in total. The highest BCUT2D eigenvalue weighted by atomic mass is 19.1. The Bertz CT molecular complexity index is 422. The number of nitrogens with zero attached hydrogens (tertiary/aromatic N) is 2. The van der Waals surface area contributed by atoms with Gasteiger partial charge in [0.25, 0.3) is 0 Å². The largest absolute Gasteiger partial charge is 0.381 e. The van der Waals surface area contributed by atoms with E-state index >= 15 is 0 Å². The van der Waals surface area contributed by atoms with Crippen molar-refractivity contribution in [2.24, 2.45) is 5.92 Å². The van der Waals surface area contributed by atoms with Gasteiger partial charge in [0.2, 0.25) is 0 Å². The molecule has 0 amide bonds. The molecule has 0 bridgehead atoms. The van der Waals surface area contributed by atoms with Crippen LogP contribution >= 0.6 is 0 Å². The highest BCUT2D eigenvalue weighted by Crippen LogP contribution is 2.23. The van der Waals surface area contributed by atoms with Crippen LogP contribution in [-0.2, 0) is 4.74 Å². The smallest absolute Gasteiger partial charge is 0.168 e. The summed E-state index contributed by atoms with van der Waals surface area (Å²) in [5, 5.41) is 0. The molecule has 0 spiro atoms. The molecule has 100 valence electrons. The predicted octanol–water partition coefficient (Wildman–Crippen LogP) is 1.80. The van der Waals surface area contributed by atoms with Gasteiger partial charge in [-0.2, -0.15) is 0 Å². The van der Waals surface area contributed by atoms with E-state index in [1.165, 1.54) is 0 Å². The monoisotopic (exact) mass is 257 g/mol. The van der Waals surface area contributed by atoms with Gasteiger partial charge in [-0.3, -0.25) is 0 Å². The SMILES string of the molecule is CN(CC1CCOCC1)c1nc(N)c(F)cc1F. The molecule has 0 radical (unpaired) electrons. The van der Waals surface area contributed by atoms with Crippen molar-refractivity contribution in [2.45, 2.75) is 12.8 Å². The van der Waals surface area contributed by atoms with Crippen LogP contribution in [0.2, 0.25) is 0 Å². The normalized spacial score (nSPS) is 16.8. The summed E-state index contributed by atoms with van der Waals surface area (Å²) in [5.41, 5.74) is 5.36. The molecule has 0 aliphatic carbocycles. The van der Waals surface area contributed by atoms with Crippen molar-refractivity contribution in [1.82, 2.24) is 4.98 Å². The second-order valence-corrected chi connectivity index (χ2v) is 4.60. The Balaban J connectivity index is 2.08. The van der Waals surface area contributed by atoms with E-state index in [1.807, 2.05) is 0 Å². The number of aromatic nitrogens is 1. The minimum absolute atomic E-state index is 0.0976. The third-order valence-electron chi connectivity index (χ3n) is 3.17. The standard InChI is InChI=1S/C12H17F2N3O/c1-17(7-8-2-4-18-5-3-8)12-10(14)6-9(13)11(15)16-12/h6,8H,2-5,7H2,1H3,(H2,15,16). The summed E-state index contributed by atoms with van der Waals surface area (Å²) >= 11 is 0. The fourth-order valence-corrected chi connectivity index (χ4v) is 2.14. The first-order chi connectivity index (χ1) is 8.58. The van der Waals surface area contributed by atoms with Crippen LogP contribution in [0.3, 0.4) is 0 Å². The van der Waals surface area contributed by atoms with Crippen LogP contribution in [0.15, 0.2) is 6.07 Å². The number of pyridine rings is 1. The van der Waals surface area contributed by atoms with Crippen LogP contribution < -0.4 is 10.6 Å². The molecule has 18 heavy (non-hydrogen) atoms. The Morgan fingerprint density at radius 1 is 1.39 bits per heavy atom. The topological polar surface area (TPSA) is 51.4 Å². The van der Waals surface area contributed by atoms with Crippen molar-refractivity contribution in [3.05, 3.63) is 17.7 Å². The Kier molecular flexibility index (Phi) is 3.96. The first-order valence-corrected chi connectivity index (χ1v) is 5.98. The first-order valence-electron chi connectivity index (χ1n) is 5.98. The van der Waals surface area contributed by atoms with Crippen LogP contribution in [0.5, 0.6) is 0 Å². The molecule has 1 aromatic rings. The van der Waals surface area contributed by atoms with E-state index < -0.39 is 11.6 Å². The molecule has 2 heterocycles. The summed E-state index contributed by atoms with van der Waals surface area (Å²) in [6.07, 6.45) is 1.89. The third kappa shape index (κ3) is 2.87. The fraction of sp³-hybridized carbons (Fsp3) is 0.583. The van der Waals surface area contributed by atoms with Gasteiger partial charge in [-0.25, -0.2) is 13.8 Å². The van der Waals surface area contributed by atoms with Gasteiger partial charge in [0, 0.05) is 32.9 Å². The van der Waals surface area contributed by atoms with Crippen LogP contribution in [0.25, 0.3) is 0 Å². The highest BCUT2D eigenvalue weighted by Gasteiger charge is 2.19. The molecule has 0 unspecified atom stereocenters. The second kappa shape index (κ2) is 5.48. The number of nitrogens with two attached hydrogens (primary N) is 1. The zero-order valence-electron chi connectivity index (χ0n) is 10.3. The fourth-order valence-electron chi connectivity index (χ4n) is 2.14. The quantitative estimate of drug-likeness (QED) is 0.897. The van der Waals surface area contributed by atoms with Crippen molar-refractivity contribution in [3.63, 3.8) is 0 Å². The van der Waals surface area contributed by atoms with Gasteiger partial charge in [-0.05, 0) is 18.8 Å². The molecule has 0 saturated carbocycles. The summed E-state index contributed by atoms with van der Waals surface area (Å²) < 4.78 is 31.9. The van der Waals surface area contributed by atoms with E-state index in [1.54, 1.807) is 11.9 Å². The molecule has 0 aromatic carbocycles. The summed E-state index contributed by atoms with van der Waals surface area (Å²) in [4.78, 5) is 5.44. The van der Waals surface area contributed by atoms with Crippen LogP contribution in [-0.4, -0.2) is 31.8 Å². The molecular weight excluding hydrogens is 240 g/mol. The number of rotatable bonds is 3. The highest BCUT2D eigenvalue weighted by molar-refractivity contribution is 5.46. The van der Waals surface area contributed by atoms with Gasteiger partial charge in [0.05, 0.1) is 0 Å². The molecule has 0 atom stereocenters. The molecule has 1 aromatic heterocycles. The average Bonchev–Trinajstić information content (AvgIpc) is 2.35. The van der Waals surface area contributed by atoms with Crippen molar-refractivity contribution < 1.29 is 13.5 Å². The summed E-state index contributed by atoms with van der Waals surface area (Å²) in [7, 11) is 1.73. The lowest BCUT2D eigenvalue weighted by molar-refractivity contribution is 0.0684. The van der Waals surface area contributed by atoms with Gasteiger partial charge >= 0.3 is 0 Å². The molecule has 1 saturated heterocycles. The predicted molar refractivity (Wildman–Crippen MR) is 65.4 cm³/mol. The lowest BCUT2D eigenvalue weighted by Crippen LogP contribution is -2.30. The molecular formula is C12H17F2N3O. The molecule has 1 fully saturated rings. The van der Waals surface area contributed by atoms with E-state index in [2.05, 4.69) is 4.98 Å². The van der Waals surface area contributed by atoms with E-state index in [0.717, 1.165) is 32.1 Å². The Morgan fingerprint density at radius 2 is 2.06 bits per heavy atom. The van der Waals surface area contributed by atoms with Crippen molar-refractivity contribution >= 4 is 11.6 Å². The van der Waals surface area contributed by atoms with Gasteiger partial charge in [0.1, 0.15) is 0 Å². The lowest BCUT2D eigenvalue weighted by Gasteiger charge is -2.28. The molecule has 4 nitrogen and oxygen atoms in total. The van der Waals surface area contributed by atoms with Gasteiger partial charge in [-0.15, -0.1) is 0 Å². The molecule has 2 rings (SSSR count). The lowest BCUT2D eigenvalue weighted by atomic mass is 10.00. The van der Waals surface area contributed by atoms with E-state index in [9.17, 15) is 8.78 Å². The maximum atomic E-state index is 13.6. The number of ether oxygens (including phenoxy) is 1. The zero-order valence-corrected chi connectivity index (χ0v) is 10.3. The van der Waals surface area contributed by atoms with E-state index in [4.69, 9.17) is 10.5 Å². The minimum Gasteiger partial charge on any atom is -0.381 e. The Morgan fingerprint density at radius 3 is 2.72 bits per heavy atom. The Hall–Kier alpha value is -1.43. The number of halogens is 2. The molecule has 1 aliphatic heterocycles. The van der Waals surface area contributed by atoms with Crippen molar-refractivity contribution in [3.8, 4) is 0 Å². The number of nitrogen functional groups attached to an aromatic ring is 1. The third-order valence-corrected chi connectivity index (χ3v) is 3.17. The zero-order chi connectivity index (χ0) is 13.1. The van der Waals surface area contributed by atoms with Crippen LogP contribution in [0, 0.1) is 17.6 Å². The molecule has 6 heteroatoms. The minimum atomic E-state index is -0.823. The second-order valence-electron chi connectivity index (χ2n) is 4.60. The maximum Gasteiger partial charge on any atom is 0.168 e. The van der Waals surface area contributed by atoms with E-state index in [0.29, 0.717) is 12.5 Å². The maximum absolute atomic E-state index is 13.6. The Labute approximate surface area is 105 Å². The number of hydrogen-bond donors (Lipinski definition) is 1. The van der Waals surface area contributed by atoms with Crippen LogP contribution in [0.4, 0.5) is 20.4 Å². The average molecular weight is 257 g/mol. The number of anilines is 2. The van der Waals surface area contributed by atoms with Crippen molar-refractivity contribution in [2.75, 3.05) is 37.4 Å². The summed E-state index contributed by atoms with van der Waals surface area (Å²) in [6.45, 7) is 2.14. The van der Waals surface area contributed by atoms with Gasteiger partial charge < -0.3 is 15.4 Å². The van der Waals surface area contributed by atoms with E-state index in [-0.39, 0.29) is 11.6 Å². The first kappa shape index (κ1) is 13.0. The van der Waals surface area contributed by atoms with Gasteiger partial charge in [0.15, 0.2) is 23.3 Å². The van der Waals surface area contributed by atoms with Crippen molar-refractivity contribution in [1.29, 1.82) is 0 Å². The number of hydrogen-bond acceptors (Lipinski definition) is 4. The molecule has 1 aliphatic rings. The summed E-state index contributed by atoms with van der Waals surface area (Å²) in [6, 6.07) is 0.776. The van der Waals surface area contributed by atoms with Gasteiger partial charge in [-0.1, -0.05) is 0 Å². The summed E-state index contributed by atoms with van der Waals surface area (Å²) in [5.74, 6) is -1.24. The van der Waals surface area contributed by atoms with Crippen LogP contribution in [0.1, 0.15) is 12.8 Å².